The zero-order valence-electron chi connectivity index (χ0n) is 12.0. The van der Waals surface area contributed by atoms with E-state index >= 15 is 0 Å². The molecule has 0 aromatic rings. The SMILES string of the molecule is CC(C)CNC(=O)NC(=O)CN1CCCC(C)(O)C1. The van der Waals surface area contributed by atoms with E-state index in [2.05, 4.69) is 10.6 Å². The molecule has 0 aromatic heterocycles. The maximum absolute atomic E-state index is 11.7. The van der Waals surface area contributed by atoms with Gasteiger partial charge in [0.15, 0.2) is 0 Å². The number of imide groups is 1. The Morgan fingerprint density at radius 2 is 2.11 bits per heavy atom. The lowest BCUT2D eigenvalue weighted by Gasteiger charge is -2.36. The maximum Gasteiger partial charge on any atom is 0.321 e. The van der Waals surface area contributed by atoms with Gasteiger partial charge < -0.3 is 10.4 Å². The van der Waals surface area contributed by atoms with Crippen LogP contribution in [0.1, 0.15) is 33.6 Å². The summed E-state index contributed by atoms with van der Waals surface area (Å²) in [5.74, 6) is 0.0111. The fourth-order valence-corrected chi connectivity index (χ4v) is 2.17. The summed E-state index contributed by atoms with van der Waals surface area (Å²) in [6.45, 7) is 7.66. The number of hydrogen-bond donors (Lipinski definition) is 3. The number of urea groups is 1. The van der Waals surface area contributed by atoms with Crippen LogP contribution in [0.25, 0.3) is 0 Å². The van der Waals surface area contributed by atoms with Gasteiger partial charge in [0.2, 0.25) is 5.91 Å². The predicted molar refractivity (Wildman–Crippen MR) is 72.7 cm³/mol. The van der Waals surface area contributed by atoms with E-state index in [4.69, 9.17) is 0 Å². The molecule has 1 aliphatic rings. The third-order valence-corrected chi connectivity index (χ3v) is 3.04. The smallest absolute Gasteiger partial charge is 0.321 e. The van der Waals surface area contributed by atoms with Crippen LogP contribution in [0, 0.1) is 5.92 Å². The lowest BCUT2D eigenvalue weighted by molar-refractivity contribution is -0.122. The average Bonchev–Trinajstić information content (AvgIpc) is 2.24. The summed E-state index contributed by atoms with van der Waals surface area (Å²) in [5.41, 5.74) is -0.738. The number of rotatable bonds is 4. The topological polar surface area (TPSA) is 81.7 Å². The van der Waals surface area contributed by atoms with Crippen LogP contribution in [-0.4, -0.2) is 53.7 Å². The molecule has 1 saturated heterocycles. The van der Waals surface area contributed by atoms with Gasteiger partial charge in [0.1, 0.15) is 0 Å². The van der Waals surface area contributed by atoms with Gasteiger partial charge in [-0.05, 0) is 32.2 Å². The molecule has 6 heteroatoms. The van der Waals surface area contributed by atoms with Crippen molar-refractivity contribution < 1.29 is 14.7 Å². The number of amides is 3. The molecule has 3 N–H and O–H groups in total. The molecule has 1 rings (SSSR count). The summed E-state index contributed by atoms with van der Waals surface area (Å²) in [6, 6.07) is -0.456. The van der Waals surface area contributed by atoms with Crippen LogP contribution in [0.5, 0.6) is 0 Å². The van der Waals surface area contributed by atoms with Gasteiger partial charge in [-0.1, -0.05) is 13.8 Å². The van der Waals surface area contributed by atoms with Crippen molar-refractivity contribution in [2.45, 2.75) is 39.2 Å². The van der Waals surface area contributed by atoms with E-state index in [1.807, 2.05) is 18.7 Å². The minimum atomic E-state index is -0.738. The summed E-state index contributed by atoms with van der Waals surface area (Å²) in [4.78, 5) is 25.0. The number of nitrogens with one attached hydrogen (secondary N) is 2. The van der Waals surface area contributed by atoms with Crippen molar-refractivity contribution in [3.05, 3.63) is 0 Å². The van der Waals surface area contributed by atoms with E-state index in [1.165, 1.54) is 0 Å². The van der Waals surface area contributed by atoms with Crippen LogP contribution in [0.3, 0.4) is 0 Å². The molecule has 0 aromatic carbocycles. The number of hydrogen-bond acceptors (Lipinski definition) is 4. The highest BCUT2D eigenvalue weighted by Crippen LogP contribution is 2.19. The fourth-order valence-electron chi connectivity index (χ4n) is 2.17. The third kappa shape index (κ3) is 6.54. The first-order valence-electron chi connectivity index (χ1n) is 6.81. The molecular formula is C13H25N3O3. The highest BCUT2D eigenvalue weighted by molar-refractivity contribution is 5.95. The Morgan fingerprint density at radius 3 is 2.68 bits per heavy atom. The molecule has 6 nitrogen and oxygen atoms in total. The van der Waals surface area contributed by atoms with Crippen LogP contribution in [0.4, 0.5) is 4.79 Å². The van der Waals surface area contributed by atoms with Crippen molar-refractivity contribution in [1.82, 2.24) is 15.5 Å². The first-order valence-corrected chi connectivity index (χ1v) is 6.81. The van der Waals surface area contributed by atoms with Gasteiger partial charge in [0.25, 0.3) is 0 Å². The predicted octanol–water partition coefficient (Wildman–Crippen LogP) is 0.315. The van der Waals surface area contributed by atoms with Crippen molar-refractivity contribution >= 4 is 11.9 Å². The van der Waals surface area contributed by atoms with Gasteiger partial charge >= 0.3 is 6.03 Å². The molecule has 1 fully saturated rings. The van der Waals surface area contributed by atoms with Gasteiger partial charge in [-0.3, -0.25) is 15.0 Å². The van der Waals surface area contributed by atoms with Crippen molar-refractivity contribution in [2.75, 3.05) is 26.2 Å². The Balaban J connectivity index is 2.29. The van der Waals surface area contributed by atoms with Crippen molar-refractivity contribution in [3.8, 4) is 0 Å². The minimum absolute atomic E-state index is 0.144. The standard InChI is InChI=1S/C13H25N3O3/c1-10(2)7-14-12(18)15-11(17)8-16-6-4-5-13(3,19)9-16/h10,19H,4-9H2,1-3H3,(H2,14,15,17,18). The molecule has 19 heavy (non-hydrogen) atoms. The van der Waals surface area contributed by atoms with E-state index in [1.54, 1.807) is 6.92 Å². The second kappa shape index (κ2) is 6.86. The average molecular weight is 271 g/mol. The molecule has 0 aliphatic carbocycles. The number of carbonyl (C=O) groups excluding carboxylic acids is 2. The highest BCUT2D eigenvalue weighted by Gasteiger charge is 2.29. The second-order valence-corrected chi connectivity index (χ2v) is 5.96. The molecule has 1 aliphatic heterocycles. The summed E-state index contributed by atoms with van der Waals surface area (Å²) in [7, 11) is 0. The van der Waals surface area contributed by atoms with E-state index in [0.717, 1.165) is 19.4 Å². The van der Waals surface area contributed by atoms with Crippen LogP contribution in [-0.2, 0) is 4.79 Å². The zero-order chi connectivity index (χ0) is 14.5. The molecule has 0 radical (unpaired) electrons. The summed E-state index contributed by atoms with van der Waals surface area (Å²) < 4.78 is 0. The molecule has 3 amide bonds. The molecule has 0 spiro atoms. The molecule has 1 heterocycles. The van der Waals surface area contributed by atoms with Gasteiger partial charge in [-0.15, -0.1) is 0 Å². The van der Waals surface area contributed by atoms with E-state index < -0.39 is 11.6 Å². The molecule has 0 bridgehead atoms. The lowest BCUT2D eigenvalue weighted by atomic mass is 9.95. The number of β-amino-alcohol motifs (C(OH)–C–C–N with tert-alkyl or cyclic N) is 1. The van der Waals surface area contributed by atoms with Gasteiger partial charge in [0, 0.05) is 13.1 Å². The Kier molecular flexibility index (Phi) is 5.75. The van der Waals surface area contributed by atoms with Gasteiger partial charge in [0.05, 0.1) is 12.1 Å². The van der Waals surface area contributed by atoms with Crippen LogP contribution < -0.4 is 10.6 Å². The number of nitrogens with zero attached hydrogens (tertiary/aromatic N) is 1. The first-order chi connectivity index (χ1) is 8.78. The Hall–Kier alpha value is -1.14. The highest BCUT2D eigenvalue weighted by atomic mass is 16.3. The van der Waals surface area contributed by atoms with Crippen molar-refractivity contribution in [3.63, 3.8) is 0 Å². The first kappa shape index (κ1) is 15.9. The molecule has 1 unspecified atom stereocenters. The Bertz CT molecular complexity index is 329. The van der Waals surface area contributed by atoms with Crippen molar-refractivity contribution in [2.24, 2.45) is 5.92 Å². The maximum atomic E-state index is 11.7. The Morgan fingerprint density at radius 1 is 1.42 bits per heavy atom. The summed E-state index contributed by atoms with van der Waals surface area (Å²) in [5, 5.41) is 14.9. The largest absolute Gasteiger partial charge is 0.389 e. The van der Waals surface area contributed by atoms with Crippen LogP contribution in [0.2, 0.25) is 0 Å². The normalized spacial score (nSPS) is 24.3. The summed E-state index contributed by atoms with van der Waals surface area (Å²) >= 11 is 0. The third-order valence-electron chi connectivity index (χ3n) is 3.04. The quantitative estimate of drug-likeness (QED) is 0.687. The van der Waals surface area contributed by atoms with Crippen LogP contribution in [0.15, 0.2) is 0 Å². The van der Waals surface area contributed by atoms with E-state index in [-0.39, 0.29) is 12.5 Å². The minimum Gasteiger partial charge on any atom is -0.389 e. The Labute approximate surface area is 114 Å². The van der Waals surface area contributed by atoms with E-state index in [0.29, 0.717) is 19.0 Å². The van der Waals surface area contributed by atoms with Gasteiger partial charge in [-0.2, -0.15) is 0 Å². The number of carbonyl (C=O) groups is 2. The number of likely N-dealkylation sites (tertiary alicyclic amines) is 1. The molecule has 0 saturated carbocycles. The lowest BCUT2D eigenvalue weighted by Crippen LogP contribution is -2.51. The molecule has 110 valence electrons. The number of piperidine rings is 1. The monoisotopic (exact) mass is 271 g/mol. The van der Waals surface area contributed by atoms with E-state index in [9.17, 15) is 14.7 Å². The fraction of sp³-hybridized carbons (Fsp3) is 0.846. The van der Waals surface area contributed by atoms with Crippen molar-refractivity contribution in [1.29, 1.82) is 0 Å². The van der Waals surface area contributed by atoms with Gasteiger partial charge in [-0.25, -0.2) is 4.79 Å². The second-order valence-electron chi connectivity index (χ2n) is 5.96. The molecule has 1 atom stereocenters. The zero-order valence-corrected chi connectivity index (χ0v) is 12.0. The summed E-state index contributed by atoms with van der Waals surface area (Å²) in [6.07, 6.45) is 1.61. The van der Waals surface area contributed by atoms with Crippen LogP contribution >= 0.6 is 0 Å². The molecular weight excluding hydrogens is 246 g/mol. The number of aliphatic hydroxyl groups is 1.